The van der Waals surface area contributed by atoms with E-state index in [9.17, 15) is 34.8 Å². The summed E-state index contributed by atoms with van der Waals surface area (Å²) in [4.78, 5) is 41.1. The molecule has 0 heterocycles. The zero-order valence-electron chi connectivity index (χ0n) is 28.3. The van der Waals surface area contributed by atoms with E-state index in [0.29, 0.717) is 11.5 Å². The molecule has 4 aliphatic carbocycles. The number of carbonyl (C=O) groups is 3. The van der Waals surface area contributed by atoms with Gasteiger partial charge in [0.2, 0.25) is 5.78 Å². The van der Waals surface area contributed by atoms with Gasteiger partial charge in [-0.15, -0.1) is 0 Å². The minimum absolute atomic E-state index is 0.0566. The summed E-state index contributed by atoms with van der Waals surface area (Å²) in [6, 6.07) is 16.0. The van der Waals surface area contributed by atoms with Crippen LogP contribution in [0.15, 0.2) is 65.4 Å². The number of ketones is 3. The number of rotatable bonds is 5. The van der Waals surface area contributed by atoms with E-state index in [0.717, 1.165) is 29.9 Å². The second kappa shape index (κ2) is 10.9. The fourth-order valence-corrected chi connectivity index (χ4v) is 10.3. The molecule has 1 unspecified atom stereocenters. The van der Waals surface area contributed by atoms with Gasteiger partial charge in [0.15, 0.2) is 17.2 Å². The summed E-state index contributed by atoms with van der Waals surface area (Å²) in [7, 11) is 0. The lowest BCUT2D eigenvalue weighted by Gasteiger charge is -2.59. The van der Waals surface area contributed by atoms with Gasteiger partial charge in [0.1, 0.15) is 22.8 Å². The molecule has 48 heavy (non-hydrogen) atoms. The number of aliphatic hydroxyl groups is 3. The van der Waals surface area contributed by atoms with Crippen molar-refractivity contribution in [2.75, 3.05) is 0 Å². The van der Waals surface area contributed by atoms with Crippen LogP contribution >= 0.6 is 0 Å². The maximum absolute atomic E-state index is 14.7. The summed E-state index contributed by atoms with van der Waals surface area (Å²) in [5.41, 5.74) is -2.06. The molecular formula is C41H44O7. The van der Waals surface area contributed by atoms with Crippen LogP contribution < -0.4 is 0 Å². The SMILES string of the molecule is CC(=O)C1=C(O)[C@]2(O)C(=O)C3=C(O)c4c(O)ccc(-c5ccc(CC6CCCC6)c6ccccc56)c4C[C@]3(C)C[C@]2(C)C(C(C)C)C1=O. The van der Waals surface area contributed by atoms with Gasteiger partial charge in [0, 0.05) is 22.3 Å². The molecule has 0 amide bonds. The number of allylic oxidation sites excluding steroid dienone is 1. The van der Waals surface area contributed by atoms with Gasteiger partial charge in [-0.05, 0) is 77.1 Å². The normalized spacial score (nSPS) is 29.0. The third kappa shape index (κ3) is 4.25. The highest BCUT2D eigenvalue weighted by molar-refractivity contribution is 6.24. The molecule has 0 aliphatic heterocycles. The van der Waals surface area contributed by atoms with Crippen LogP contribution in [0.5, 0.6) is 5.75 Å². The zero-order valence-corrected chi connectivity index (χ0v) is 28.3. The van der Waals surface area contributed by atoms with Crippen molar-refractivity contribution in [2.24, 2.45) is 28.6 Å². The molecule has 7 rings (SSSR count). The molecule has 4 aliphatic rings. The van der Waals surface area contributed by atoms with E-state index in [1.165, 1.54) is 42.7 Å². The number of fused-ring (bicyclic) bond motifs is 4. The molecule has 0 radical (unpaired) electrons. The number of aromatic hydroxyl groups is 1. The van der Waals surface area contributed by atoms with Crippen molar-refractivity contribution in [3.8, 4) is 16.9 Å². The Morgan fingerprint density at radius 2 is 1.56 bits per heavy atom. The van der Waals surface area contributed by atoms with E-state index in [4.69, 9.17) is 0 Å². The van der Waals surface area contributed by atoms with E-state index < -0.39 is 56.8 Å². The van der Waals surface area contributed by atoms with Gasteiger partial charge < -0.3 is 20.4 Å². The molecule has 3 aromatic rings. The first-order chi connectivity index (χ1) is 22.7. The van der Waals surface area contributed by atoms with Gasteiger partial charge in [0.25, 0.3) is 0 Å². The van der Waals surface area contributed by atoms with Crippen molar-refractivity contribution in [1.82, 2.24) is 0 Å². The average Bonchev–Trinajstić information content (AvgIpc) is 3.52. The van der Waals surface area contributed by atoms with Crippen molar-refractivity contribution in [1.29, 1.82) is 0 Å². The lowest BCUT2D eigenvalue weighted by molar-refractivity contribution is -0.178. The molecule has 0 aromatic heterocycles. The minimum Gasteiger partial charge on any atom is -0.508 e. The second-order valence-corrected chi connectivity index (χ2v) is 15.6. The van der Waals surface area contributed by atoms with Crippen LogP contribution in [-0.2, 0) is 27.2 Å². The molecule has 4 N–H and O–H groups in total. The predicted molar refractivity (Wildman–Crippen MR) is 184 cm³/mol. The predicted octanol–water partition coefficient (Wildman–Crippen LogP) is 7.74. The highest BCUT2D eigenvalue weighted by atomic mass is 16.3. The second-order valence-electron chi connectivity index (χ2n) is 15.6. The number of hydrogen-bond acceptors (Lipinski definition) is 7. The monoisotopic (exact) mass is 648 g/mol. The summed E-state index contributed by atoms with van der Waals surface area (Å²) < 4.78 is 0. The molecule has 0 spiro atoms. The molecule has 3 aromatic carbocycles. The highest BCUT2D eigenvalue weighted by Gasteiger charge is 2.72. The fraction of sp³-hybridized carbons (Fsp3) is 0.439. The number of carbonyl (C=O) groups excluding carboxylic acids is 3. The summed E-state index contributed by atoms with van der Waals surface area (Å²) in [6.07, 6.45) is 6.34. The van der Waals surface area contributed by atoms with E-state index in [2.05, 4.69) is 24.3 Å². The number of phenols is 1. The number of hydrogen-bond donors (Lipinski definition) is 4. The first-order valence-electron chi connectivity index (χ1n) is 17.2. The zero-order chi connectivity index (χ0) is 34.5. The quantitative estimate of drug-likeness (QED) is 0.208. The maximum atomic E-state index is 14.7. The Labute approximate surface area is 281 Å². The Balaban J connectivity index is 1.44. The van der Waals surface area contributed by atoms with Crippen LogP contribution in [0.25, 0.3) is 27.7 Å². The number of Topliss-reactive ketones (excluding diaryl/α,β-unsaturated/α-hetero) is 3. The smallest absolute Gasteiger partial charge is 0.203 e. The van der Waals surface area contributed by atoms with E-state index in [1.807, 2.05) is 25.1 Å². The van der Waals surface area contributed by atoms with E-state index >= 15 is 0 Å². The topological polar surface area (TPSA) is 132 Å². The minimum atomic E-state index is -2.63. The Kier molecular flexibility index (Phi) is 7.34. The standard InChI is InChI=1S/C41H44O7/c1-21(2)33-35(44)31(22(3)42)37(46)41(48)38(47)34-36(45)32-29(19-39(34,4)20-40(33,41)5)28(16-17-30(32)43)27-15-14-24(18-23-10-6-7-11-23)25-12-8-9-13-26(25)27/h8-9,12-17,21,23,33,43,45-46,48H,6-7,10-11,18-20H2,1-5H3/t33?,39-,40-,41+/m1/s1. The Bertz CT molecular complexity index is 1990. The van der Waals surface area contributed by atoms with Crippen LogP contribution in [0.4, 0.5) is 0 Å². The van der Waals surface area contributed by atoms with Gasteiger partial charge in [-0.25, -0.2) is 0 Å². The van der Waals surface area contributed by atoms with E-state index in [1.54, 1.807) is 20.8 Å². The lowest BCUT2D eigenvalue weighted by Crippen LogP contribution is -2.69. The van der Waals surface area contributed by atoms with Crippen LogP contribution in [0.3, 0.4) is 0 Å². The van der Waals surface area contributed by atoms with Crippen molar-refractivity contribution in [2.45, 2.75) is 85.2 Å². The molecule has 2 fully saturated rings. The average molecular weight is 649 g/mol. The van der Waals surface area contributed by atoms with Gasteiger partial charge in [0.05, 0.1) is 5.56 Å². The number of benzene rings is 3. The summed E-state index contributed by atoms with van der Waals surface area (Å²) in [6.45, 7) is 8.21. The molecule has 4 atom stereocenters. The van der Waals surface area contributed by atoms with Crippen molar-refractivity contribution in [3.63, 3.8) is 0 Å². The first-order valence-corrected chi connectivity index (χ1v) is 17.2. The van der Waals surface area contributed by atoms with Crippen molar-refractivity contribution in [3.05, 3.63) is 82.1 Å². The third-order valence-corrected chi connectivity index (χ3v) is 12.2. The van der Waals surface area contributed by atoms with Crippen LogP contribution in [0, 0.1) is 28.6 Å². The Hall–Kier alpha value is -4.23. The lowest BCUT2D eigenvalue weighted by atomic mass is 9.43. The highest BCUT2D eigenvalue weighted by Crippen LogP contribution is 2.65. The van der Waals surface area contributed by atoms with E-state index in [-0.39, 0.29) is 35.6 Å². The third-order valence-electron chi connectivity index (χ3n) is 12.2. The molecule has 7 nitrogen and oxygen atoms in total. The van der Waals surface area contributed by atoms with Gasteiger partial charge in [-0.2, -0.15) is 0 Å². The van der Waals surface area contributed by atoms with Crippen molar-refractivity contribution < 1.29 is 34.8 Å². The summed E-state index contributed by atoms with van der Waals surface area (Å²) in [5, 5.41) is 49.2. The van der Waals surface area contributed by atoms with Crippen LogP contribution in [-0.4, -0.2) is 43.4 Å². The Morgan fingerprint density at radius 1 is 0.917 bits per heavy atom. The number of aliphatic hydroxyl groups excluding tert-OH is 2. The van der Waals surface area contributed by atoms with Gasteiger partial charge in [-0.3, -0.25) is 14.4 Å². The maximum Gasteiger partial charge on any atom is 0.203 e. The Morgan fingerprint density at radius 3 is 2.21 bits per heavy atom. The largest absolute Gasteiger partial charge is 0.508 e. The molecule has 7 heteroatoms. The molecular weight excluding hydrogens is 604 g/mol. The summed E-state index contributed by atoms with van der Waals surface area (Å²) in [5.74, 6) is -4.57. The molecule has 250 valence electrons. The fourth-order valence-electron chi connectivity index (χ4n) is 10.3. The van der Waals surface area contributed by atoms with Gasteiger partial charge in [-0.1, -0.05) is 95.8 Å². The molecule has 0 saturated heterocycles. The van der Waals surface area contributed by atoms with Gasteiger partial charge >= 0.3 is 0 Å². The summed E-state index contributed by atoms with van der Waals surface area (Å²) >= 11 is 0. The van der Waals surface area contributed by atoms with Crippen LogP contribution in [0.1, 0.15) is 83.4 Å². The molecule has 0 bridgehead atoms. The van der Waals surface area contributed by atoms with Crippen LogP contribution in [0.2, 0.25) is 0 Å². The molecule has 2 saturated carbocycles. The first kappa shape index (κ1) is 32.3. The number of phenolic OH excluding ortho intramolecular Hbond substituents is 1. The van der Waals surface area contributed by atoms with Crippen molar-refractivity contribution >= 4 is 33.9 Å².